The molecule has 0 radical (unpaired) electrons. The summed E-state index contributed by atoms with van der Waals surface area (Å²) in [6.07, 6.45) is 1.09. The Balaban J connectivity index is 2.15. The van der Waals surface area contributed by atoms with E-state index < -0.39 is 5.41 Å². The van der Waals surface area contributed by atoms with Crippen LogP contribution in [0, 0.1) is 0 Å². The van der Waals surface area contributed by atoms with Crippen molar-refractivity contribution in [1.29, 1.82) is 0 Å². The standard InChI is InChI=1S/C20H14O/c21-14-20(15-8-2-1-3-9-15)18-12-6-4-10-16(18)17-11-5-7-13-19(17)20/h1-14H. The molecule has 0 aliphatic heterocycles. The fraction of sp³-hybridized carbons (Fsp3) is 0.0500. The fourth-order valence-electron chi connectivity index (χ4n) is 3.48. The summed E-state index contributed by atoms with van der Waals surface area (Å²) >= 11 is 0. The van der Waals surface area contributed by atoms with Gasteiger partial charge < -0.3 is 4.79 Å². The molecule has 0 fully saturated rings. The Labute approximate surface area is 123 Å². The predicted molar refractivity (Wildman–Crippen MR) is 84.3 cm³/mol. The Bertz CT molecular complexity index is 773. The van der Waals surface area contributed by atoms with Crippen LogP contribution in [0.5, 0.6) is 0 Å². The van der Waals surface area contributed by atoms with E-state index in [1.54, 1.807) is 0 Å². The number of hydrogen-bond donors (Lipinski definition) is 0. The first-order valence-corrected chi connectivity index (χ1v) is 7.09. The van der Waals surface area contributed by atoms with E-state index >= 15 is 0 Å². The summed E-state index contributed by atoms with van der Waals surface area (Å²) in [6, 6.07) is 26.4. The predicted octanol–water partition coefficient (Wildman–Crippen LogP) is 4.20. The molecule has 0 N–H and O–H groups in total. The lowest BCUT2D eigenvalue weighted by Crippen LogP contribution is -2.28. The third kappa shape index (κ3) is 1.49. The van der Waals surface area contributed by atoms with Crippen molar-refractivity contribution in [3.8, 4) is 11.1 Å². The molecular weight excluding hydrogens is 256 g/mol. The molecule has 0 atom stereocenters. The minimum atomic E-state index is -0.686. The summed E-state index contributed by atoms with van der Waals surface area (Å²) in [5.41, 5.74) is 4.80. The van der Waals surface area contributed by atoms with Gasteiger partial charge in [-0.2, -0.15) is 0 Å². The monoisotopic (exact) mass is 270 g/mol. The van der Waals surface area contributed by atoms with E-state index in [2.05, 4.69) is 24.3 Å². The summed E-state index contributed by atoms with van der Waals surface area (Å²) < 4.78 is 0. The lowest BCUT2D eigenvalue weighted by atomic mass is 9.74. The van der Waals surface area contributed by atoms with E-state index in [4.69, 9.17) is 0 Å². The Morgan fingerprint density at radius 3 is 1.62 bits per heavy atom. The van der Waals surface area contributed by atoms with Gasteiger partial charge in [0.2, 0.25) is 0 Å². The van der Waals surface area contributed by atoms with Crippen molar-refractivity contribution in [2.75, 3.05) is 0 Å². The van der Waals surface area contributed by atoms with Crippen molar-refractivity contribution in [3.63, 3.8) is 0 Å². The Hall–Kier alpha value is -2.67. The fourth-order valence-corrected chi connectivity index (χ4v) is 3.48. The van der Waals surface area contributed by atoms with E-state index in [1.165, 1.54) is 0 Å². The van der Waals surface area contributed by atoms with Gasteiger partial charge in [0.1, 0.15) is 11.7 Å². The third-order valence-electron chi connectivity index (χ3n) is 4.40. The molecule has 0 bridgehead atoms. The van der Waals surface area contributed by atoms with Crippen LogP contribution in [0.3, 0.4) is 0 Å². The number of carbonyl (C=O) groups is 1. The van der Waals surface area contributed by atoms with E-state index in [0.717, 1.165) is 34.1 Å². The van der Waals surface area contributed by atoms with Gasteiger partial charge in [0.15, 0.2) is 0 Å². The molecule has 0 aromatic heterocycles. The van der Waals surface area contributed by atoms with Crippen molar-refractivity contribution in [1.82, 2.24) is 0 Å². The van der Waals surface area contributed by atoms with E-state index in [0.29, 0.717) is 0 Å². The van der Waals surface area contributed by atoms with Crippen LogP contribution in [0.2, 0.25) is 0 Å². The van der Waals surface area contributed by atoms with Crippen LogP contribution in [0.25, 0.3) is 11.1 Å². The summed E-state index contributed by atoms with van der Waals surface area (Å²) in [6.45, 7) is 0. The van der Waals surface area contributed by atoms with Crippen molar-refractivity contribution < 1.29 is 4.79 Å². The van der Waals surface area contributed by atoms with Crippen molar-refractivity contribution in [3.05, 3.63) is 95.6 Å². The van der Waals surface area contributed by atoms with E-state index in [9.17, 15) is 4.79 Å². The molecule has 3 aromatic rings. The first-order valence-electron chi connectivity index (χ1n) is 7.09. The van der Waals surface area contributed by atoms with E-state index in [-0.39, 0.29) is 0 Å². The number of aldehydes is 1. The zero-order valence-corrected chi connectivity index (χ0v) is 11.5. The van der Waals surface area contributed by atoms with Gasteiger partial charge in [0, 0.05) is 0 Å². The summed E-state index contributed by atoms with van der Waals surface area (Å²) in [5.74, 6) is 0. The van der Waals surface area contributed by atoms with Crippen LogP contribution in [0.15, 0.2) is 78.9 Å². The quantitative estimate of drug-likeness (QED) is 0.638. The molecule has 3 aromatic carbocycles. The van der Waals surface area contributed by atoms with Crippen LogP contribution in [0.4, 0.5) is 0 Å². The highest BCUT2D eigenvalue weighted by molar-refractivity contribution is 5.95. The largest absolute Gasteiger partial charge is 0.302 e. The van der Waals surface area contributed by atoms with Gasteiger partial charge in [-0.3, -0.25) is 0 Å². The number of carbonyl (C=O) groups excluding carboxylic acids is 1. The molecule has 1 aliphatic rings. The second-order valence-electron chi connectivity index (χ2n) is 5.38. The number of fused-ring (bicyclic) bond motifs is 3. The van der Waals surface area contributed by atoms with E-state index in [1.807, 2.05) is 54.6 Å². The maximum atomic E-state index is 12.3. The zero-order valence-electron chi connectivity index (χ0n) is 11.5. The molecule has 0 unspecified atom stereocenters. The molecule has 0 spiro atoms. The highest BCUT2D eigenvalue weighted by Crippen LogP contribution is 2.51. The smallest absolute Gasteiger partial charge is 0.139 e. The van der Waals surface area contributed by atoms with Gasteiger partial charge in [-0.05, 0) is 27.8 Å². The van der Waals surface area contributed by atoms with Crippen LogP contribution in [0.1, 0.15) is 16.7 Å². The molecule has 1 heteroatoms. The second-order valence-corrected chi connectivity index (χ2v) is 5.38. The molecule has 1 aliphatic carbocycles. The number of rotatable bonds is 2. The third-order valence-corrected chi connectivity index (χ3v) is 4.40. The Morgan fingerprint density at radius 2 is 1.10 bits per heavy atom. The SMILES string of the molecule is O=CC1(c2ccccc2)c2ccccc2-c2ccccc21. The zero-order chi connectivity index (χ0) is 14.3. The van der Waals surface area contributed by atoms with Gasteiger partial charge in [0.25, 0.3) is 0 Å². The molecule has 0 saturated heterocycles. The van der Waals surface area contributed by atoms with Gasteiger partial charge in [0.05, 0.1) is 0 Å². The van der Waals surface area contributed by atoms with Crippen LogP contribution < -0.4 is 0 Å². The first kappa shape index (κ1) is 12.1. The number of hydrogen-bond acceptors (Lipinski definition) is 1. The molecule has 0 amide bonds. The Kier molecular flexibility index (Phi) is 2.55. The topological polar surface area (TPSA) is 17.1 Å². The molecule has 0 saturated carbocycles. The normalized spacial score (nSPS) is 14.3. The van der Waals surface area contributed by atoms with Crippen LogP contribution in [-0.4, -0.2) is 6.29 Å². The van der Waals surface area contributed by atoms with Gasteiger partial charge in [-0.1, -0.05) is 78.9 Å². The molecule has 100 valence electrons. The maximum Gasteiger partial charge on any atom is 0.139 e. The minimum absolute atomic E-state index is 0.686. The van der Waals surface area contributed by atoms with Crippen molar-refractivity contribution >= 4 is 6.29 Å². The van der Waals surface area contributed by atoms with Gasteiger partial charge >= 0.3 is 0 Å². The highest BCUT2D eigenvalue weighted by Gasteiger charge is 2.44. The summed E-state index contributed by atoms with van der Waals surface area (Å²) in [4.78, 5) is 12.3. The second kappa shape index (κ2) is 4.42. The van der Waals surface area contributed by atoms with Crippen molar-refractivity contribution in [2.24, 2.45) is 0 Å². The highest BCUT2D eigenvalue weighted by atomic mass is 16.1. The maximum absolute atomic E-state index is 12.3. The molecule has 4 rings (SSSR count). The van der Waals surface area contributed by atoms with Gasteiger partial charge in [-0.25, -0.2) is 0 Å². The minimum Gasteiger partial charge on any atom is -0.302 e. The summed E-state index contributed by atoms with van der Waals surface area (Å²) in [7, 11) is 0. The summed E-state index contributed by atoms with van der Waals surface area (Å²) in [5, 5.41) is 0. The van der Waals surface area contributed by atoms with Crippen molar-refractivity contribution in [2.45, 2.75) is 5.41 Å². The average Bonchev–Trinajstić information content (AvgIpc) is 2.87. The van der Waals surface area contributed by atoms with Crippen LogP contribution >= 0.6 is 0 Å². The molecule has 1 nitrogen and oxygen atoms in total. The van der Waals surface area contributed by atoms with Gasteiger partial charge in [-0.15, -0.1) is 0 Å². The first-order chi connectivity index (χ1) is 10.4. The average molecular weight is 270 g/mol. The molecule has 21 heavy (non-hydrogen) atoms. The molecular formula is C20H14O. The number of benzene rings is 3. The Morgan fingerprint density at radius 1 is 0.619 bits per heavy atom. The molecule has 0 heterocycles. The lowest BCUT2D eigenvalue weighted by molar-refractivity contribution is -0.110. The lowest BCUT2D eigenvalue weighted by Gasteiger charge is -2.26. The van der Waals surface area contributed by atoms with Crippen LogP contribution in [-0.2, 0) is 10.2 Å².